The number of benzene rings is 1. The third-order valence-corrected chi connectivity index (χ3v) is 6.61. The van der Waals surface area contributed by atoms with E-state index >= 15 is 0 Å². The second-order valence-electron chi connectivity index (χ2n) is 5.45. The molecule has 2 unspecified atom stereocenters. The van der Waals surface area contributed by atoms with Crippen LogP contribution in [0.5, 0.6) is 0 Å². The third-order valence-electron chi connectivity index (χ3n) is 4.00. The fraction of sp³-hybridized carbons (Fsp3) is 0.357. The molecule has 2 N–H and O–H groups in total. The quantitative estimate of drug-likeness (QED) is 0.910. The first-order chi connectivity index (χ1) is 10.1. The minimum Gasteiger partial charge on any atom is -0.306 e. The molecule has 7 heteroatoms. The summed E-state index contributed by atoms with van der Waals surface area (Å²) < 4.78 is 27.2. The Morgan fingerprint density at radius 3 is 2.86 bits per heavy atom. The number of hydrogen-bond donors (Lipinski definition) is 2. The van der Waals surface area contributed by atoms with E-state index in [4.69, 9.17) is 0 Å². The Morgan fingerprint density at radius 1 is 1.24 bits per heavy atom. The van der Waals surface area contributed by atoms with Crippen molar-refractivity contribution < 1.29 is 8.42 Å². The van der Waals surface area contributed by atoms with E-state index in [0.29, 0.717) is 17.2 Å². The number of anilines is 1. The number of thiazole rings is 1. The molecule has 0 aliphatic carbocycles. The fourth-order valence-electron chi connectivity index (χ4n) is 3.02. The zero-order valence-electron chi connectivity index (χ0n) is 11.2. The van der Waals surface area contributed by atoms with Crippen LogP contribution in [0.25, 0.3) is 0 Å². The molecule has 1 aromatic heterocycles. The summed E-state index contributed by atoms with van der Waals surface area (Å²) >= 11 is 1.45. The van der Waals surface area contributed by atoms with E-state index in [-0.39, 0.29) is 4.90 Å². The number of aromatic nitrogens is 1. The lowest BCUT2D eigenvalue weighted by molar-refractivity contribution is 0.516. The maximum atomic E-state index is 12.3. The van der Waals surface area contributed by atoms with E-state index in [1.807, 2.05) is 0 Å². The number of nitrogens with one attached hydrogen (secondary N) is 2. The molecule has 0 spiro atoms. The Morgan fingerprint density at radius 2 is 2.05 bits per heavy atom. The summed E-state index contributed by atoms with van der Waals surface area (Å²) in [5.41, 5.74) is 1.05. The summed E-state index contributed by atoms with van der Waals surface area (Å²) in [6.07, 6.45) is 3.19. The van der Waals surface area contributed by atoms with Crippen molar-refractivity contribution >= 4 is 26.5 Å². The first-order valence-corrected chi connectivity index (χ1v) is 9.25. The first kappa shape index (κ1) is 13.2. The van der Waals surface area contributed by atoms with Crippen molar-refractivity contribution in [3.05, 3.63) is 40.9 Å². The van der Waals surface area contributed by atoms with Gasteiger partial charge in [-0.1, -0.05) is 29.5 Å². The van der Waals surface area contributed by atoms with Gasteiger partial charge in [-0.3, -0.25) is 4.72 Å². The van der Waals surface area contributed by atoms with Gasteiger partial charge in [0.2, 0.25) is 0 Å². The molecule has 2 bridgehead atoms. The van der Waals surface area contributed by atoms with E-state index in [1.54, 1.807) is 30.3 Å². The van der Waals surface area contributed by atoms with Gasteiger partial charge >= 0.3 is 0 Å². The molecule has 5 nitrogen and oxygen atoms in total. The summed E-state index contributed by atoms with van der Waals surface area (Å²) in [6.45, 7) is 0. The summed E-state index contributed by atoms with van der Waals surface area (Å²) in [5.74, 6) is 0. The maximum Gasteiger partial charge on any atom is 0.263 e. The van der Waals surface area contributed by atoms with Crippen molar-refractivity contribution in [1.29, 1.82) is 0 Å². The predicted molar refractivity (Wildman–Crippen MR) is 82.0 cm³/mol. The third kappa shape index (κ3) is 2.35. The summed E-state index contributed by atoms with van der Waals surface area (Å²) in [6, 6.07) is 9.24. The zero-order valence-corrected chi connectivity index (χ0v) is 12.9. The summed E-state index contributed by atoms with van der Waals surface area (Å²) in [4.78, 5) is 5.94. The standard InChI is InChI=1S/C14H15N3O2S2/c18-21(19,10-4-2-1-3-5-10)17-14-16-12-8-9-6-7-11(15-9)13(12)20-14/h1-5,9,11,15H,6-8H2,(H,16,17). The lowest BCUT2D eigenvalue weighted by Gasteiger charge is -2.19. The maximum absolute atomic E-state index is 12.3. The molecule has 2 aliphatic heterocycles. The van der Waals surface area contributed by atoms with Gasteiger partial charge in [-0.25, -0.2) is 13.4 Å². The number of hydrogen-bond acceptors (Lipinski definition) is 5. The SMILES string of the molecule is O=S(=O)(Nc1nc2c(s1)C1CCC(C2)N1)c1ccccc1. The van der Waals surface area contributed by atoms with Crippen LogP contribution in [0.4, 0.5) is 5.13 Å². The molecule has 21 heavy (non-hydrogen) atoms. The average molecular weight is 321 g/mol. The molecule has 3 heterocycles. The van der Waals surface area contributed by atoms with Crippen LogP contribution in [-0.2, 0) is 16.4 Å². The molecular weight excluding hydrogens is 306 g/mol. The van der Waals surface area contributed by atoms with Crippen molar-refractivity contribution in [2.75, 3.05) is 4.72 Å². The van der Waals surface area contributed by atoms with Gasteiger partial charge in [0.1, 0.15) is 0 Å². The number of nitrogens with zero attached hydrogens (tertiary/aromatic N) is 1. The Balaban J connectivity index is 1.63. The van der Waals surface area contributed by atoms with Gasteiger partial charge in [0, 0.05) is 23.4 Å². The molecule has 1 aromatic carbocycles. The van der Waals surface area contributed by atoms with Crippen molar-refractivity contribution in [1.82, 2.24) is 10.3 Å². The Hall–Kier alpha value is -1.44. The van der Waals surface area contributed by atoms with E-state index in [2.05, 4.69) is 15.0 Å². The number of sulfonamides is 1. The van der Waals surface area contributed by atoms with Crippen molar-refractivity contribution in [2.24, 2.45) is 0 Å². The number of fused-ring (bicyclic) bond motifs is 4. The highest BCUT2D eigenvalue weighted by Crippen LogP contribution is 2.40. The van der Waals surface area contributed by atoms with E-state index < -0.39 is 10.0 Å². The second kappa shape index (κ2) is 4.79. The highest BCUT2D eigenvalue weighted by atomic mass is 32.2. The van der Waals surface area contributed by atoms with E-state index in [1.165, 1.54) is 22.6 Å². The second-order valence-corrected chi connectivity index (χ2v) is 8.16. The molecule has 0 amide bonds. The molecule has 110 valence electrons. The van der Waals surface area contributed by atoms with Crippen molar-refractivity contribution in [3.8, 4) is 0 Å². The molecule has 2 aliphatic rings. The monoisotopic (exact) mass is 321 g/mol. The minimum absolute atomic E-state index is 0.262. The number of rotatable bonds is 3. The zero-order chi connectivity index (χ0) is 14.4. The smallest absolute Gasteiger partial charge is 0.263 e. The molecule has 0 saturated carbocycles. The summed E-state index contributed by atoms with van der Waals surface area (Å²) in [5, 5.41) is 4.02. The van der Waals surface area contributed by atoms with Crippen LogP contribution in [-0.4, -0.2) is 19.4 Å². The lowest BCUT2D eigenvalue weighted by atomic mass is 10.1. The Bertz CT molecular complexity index is 771. The van der Waals surface area contributed by atoms with Crippen LogP contribution in [0, 0.1) is 0 Å². The van der Waals surface area contributed by atoms with Crippen molar-refractivity contribution in [3.63, 3.8) is 0 Å². The van der Waals surface area contributed by atoms with Crippen LogP contribution in [0.1, 0.15) is 29.5 Å². The highest BCUT2D eigenvalue weighted by molar-refractivity contribution is 7.93. The fourth-order valence-corrected chi connectivity index (χ4v) is 5.36. The van der Waals surface area contributed by atoms with Gasteiger partial charge in [-0.2, -0.15) is 0 Å². The molecule has 1 fully saturated rings. The van der Waals surface area contributed by atoms with Gasteiger partial charge in [0.05, 0.1) is 10.6 Å². The predicted octanol–water partition coefficient (Wildman–Crippen LogP) is 2.29. The van der Waals surface area contributed by atoms with Crippen LogP contribution in [0.15, 0.2) is 35.2 Å². The van der Waals surface area contributed by atoms with Crippen LogP contribution in [0.2, 0.25) is 0 Å². The average Bonchev–Trinajstić information content (AvgIpc) is 3.05. The van der Waals surface area contributed by atoms with E-state index in [9.17, 15) is 8.42 Å². The van der Waals surface area contributed by atoms with Crippen LogP contribution >= 0.6 is 11.3 Å². The topological polar surface area (TPSA) is 71.1 Å². The van der Waals surface area contributed by atoms with Crippen LogP contribution < -0.4 is 10.0 Å². The normalized spacial score (nSPS) is 23.8. The Labute approximate surface area is 127 Å². The Kier molecular flexibility index (Phi) is 3.02. The molecule has 2 aromatic rings. The van der Waals surface area contributed by atoms with Gasteiger partial charge in [-0.05, 0) is 25.0 Å². The van der Waals surface area contributed by atoms with Gasteiger partial charge < -0.3 is 5.32 Å². The lowest BCUT2D eigenvalue weighted by Crippen LogP contribution is -2.30. The van der Waals surface area contributed by atoms with Gasteiger partial charge in [0.15, 0.2) is 5.13 Å². The highest BCUT2D eigenvalue weighted by Gasteiger charge is 2.35. The van der Waals surface area contributed by atoms with E-state index in [0.717, 1.165) is 18.5 Å². The van der Waals surface area contributed by atoms with Crippen LogP contribution in [0.3, 0.4) is 0 Å². The molecule has 1 saturated heterocycles. The minimum atomic E-state index is -3.55. The molecule has 4 rings (SSSR count). The van der Waals surface area contributed by atoms with Gasteiger partial charge in [0.25, 0.3) is 10.0 Å². The molecule has 0 radical (unpaired) electrons. The van der Waals surface area contributed by atoms with Crippen molar-refractivity contribution in [2.45, 2.75) is 36.2 Å². The molecule has 2 atom stereocenters. The summed E-state index contributed by atoms with van der Waals surface area (Å²) in [7, 11) is -3.55. The molecular formula is C14H15N3O2S2. The largest absolute Gasteiger partial charge is 0.306 e. The van der Waals surface area contributed by atoms with Gasteiger partial charge in [-0.15, -0.1) is 0 Å². The first-order valence-electron chi connectivity index (χ1n) is 6.95.